The van der Waals surface area contributed by atoms with Crippen LogP contribution in [0, 0.1) is 5.92 Å². The first kappa shape index (κ1) is 9.36. The van der Waals surface area contributed by atoms with Gasteiger partial charge in [-0.3, -0.25) is 0 Å². The molecule has 0 aromatic rings. The van der Waals surface area contributed by atoms with Gasteiger partial charge in [0.1, 0.15) is 0 Å². The van der Waals surface area contributed by atoms with E-state index in [4.69, 9.17) is 9.92 Å². The zero-order valence-electron chi connectivity index (χ0n) is 7.25. The minimum atomic E-state index is 0.161. The fraction of sp³-hybridized carbons (Fsp3) is 1.00. The summed E-state index contributed by atoms with van der Waals surface area (Å²) in [5.41, 5.74) is 5.53. The van der Waals surface area contributed by atoms with E-state index < -0.39 is 0 Å². The van der Waals surface area contributed by atoms with Crippen LogP contribution < -0.4 is 5.73 Å². The van der Waals surface area contributed by atoms with Crippen molar-refractivity contribution in [3.8, 4) is 0 Å². The maximum absolute atomic E-state index is 5.53. The van der Waals surface area contributed by atoms with E-state index in [0.717, 1.165) is 5.92 Å². The second kappa shape index (κ2) is 4.33. The van der Waals surface area contributed by atoms with E-state index in [-0.39, 0.29) is 6.04 Å². The van der Waals surface area contributed by atoms with Gasteiger partial charge in [-0.25, -0.2) is 0 Å². The predicted octanol–water partition coefficient (Wildman–Crippen LogP) is 1.80. The molecule has 0 amide bonds. The van der Waals surface area contributed by atoms with Crippen LogP contribution in [0.25, 0.3) is 0 Å². The van der Waals surface area contributed by atoms with Crippen molar-refractivity contribution in [2.24, 2.45) is 11.7 Å². The van der Waals surface area contributed by atoms with E-state index in [1.807, 2.05) is 6.92 Å². The van der Waals surface area contributed by atoms with E-state index in [1.54, 1.807) is 12.0 Å². The standard InChI is InChI=1S/C8H17NOS/c1-6(9)5-10-11-7(2)8-3-4-8/h6-8H,3-5,9H2,1-2H3. The lowest BCUT2D eigenvalue weighted by atomic mass is 10.3. The van der Waals surface area contributed by atoms with E-state index in [1.165, 1.54) is 12.8 Å². The Hall–Kier alpha value is 0.270. The molecule has 0 radical (unpaired) electrons. The lowest BCUT2D eigenvalue weighted by Gasteiger charge is -2.10. The fourth-order valence-corrected chi connectivity index (χ4v) is 1.84. The van der Waals surface area contributed by atoms with Gasteiger partial charge in [-0.1, -0.05) is 6.92 Å². The summed E-state index contributed by atoms with van der Waals surface area (Å²) in [7, 11) is 0. The molecule has 11 heavy (non-hydrogen) atoms. The molecule has 1 aliphatic carbocycles. The van der Waals surface area contributed by atoms with Crippen molar-refractivity contribution in [3.63, 3.8) is 0 Å². The second-order valence-corrected chi connectivity index (χ2v) is 4.57. The second-order valence-electron chi connectivity index (χ2n) is 3.40. The van der Waals surface area contributed by atoms with Crippen molar-refractivity contribution in [2.45, 2.75) is 38.0 Å². The SMILES string of the molecule is CC(N)COSC(C)C1CC1. The molecule has 0 aromatic carbocycles. The van der Waals surface area contributed by atoms with Gasteiger partial charge in [0, 0.05) is 11.3 Å². The molecule has 1 saturated carbocycles. The molecule has 0 aromatic heterocycles. The molecule has 2 unspecified atom stereocenters. The van der Waals surface area contributed by atoms with Crippen LogP contribution in [0.2, 0.25) is 0 Å². The van der Waals surface area contributed by atoms with Crippen molar-refractivity contribution in [3.05, 3.63) is 0 Å². The van der Waals surface area contributed by atoms with Crippen molar-refractivity contribution in [1.29, 1.82) is 0 Å². The smallest absolute Gasteiger partial charge is 0.0762 e. The maximum atomic E-state index is 5.53. The summed E-state index contributed by atoms with van der Waals surface area (Å²) in [6.45, 7) is 4.85. The molecule has 2 nitrogen and oxygen atoms in total. The monoisotopic (exact) mass is 175 g/mol. The van der Waals surface area contributed by atoms with Crippen molar-refractivity contribution in [2.75, 3.05) is 6.61 Å². The molecule has 3 heteroatoms. The van der Waals surface area contributed by atoms with Gasteiger partial charge in [0.05, 0.1) is 6.61 Å². The molecule has 1 fully saturated rings. The summed E-state index contributed by atoms with van der Waals surface area (Å²) in [5.74, 6) is 0.910. The highest BCUT2D eigenvalue weighted by Gasteiger charge is 2.28. The summed E-state index contributed by atoms with van der Waals surface area (Å²) in [6.07, 6.45) is 2.77. The summed E-state index contributed by atoms with van der Waals surface area (Å²) in [6, 6.07) is 0.161. The molecule has 0 saturated heterocycles. The van der Waals surface area contributed by atoms with Crippen LogP contribution >= 0.6 is 12.0 Å². The van der Waals surface area contributed by atoms with E-state index >= 15 is 0 Å². The molecule has 0 heterocycles. The summed E-state index contributed by atoms with van der Waals surface area (Å²) >= 11 is 1.60. The maximum Gasteiger partial charge on any atom is 0.0762 e. The Balaban J connectivity index is 1.93. The molecular formula is C8H17NOS. The van der Waals surface area contributed by atoms with Gasteiger partial charge in [0.2, 0.25) is 0 Å². The first-order valence-electron chi connectivity index (χ1n) is 4.24. The van der Waals surface area contributed by atoms with Gasteiger partial charge in [0.25, 0.3) is 0 Å². The Morgan fingerprint density at radius 1 is 1.55 bits per heavy atom. The van der Waals surface area contributed by atoms with E-state index in [9.17, 15) is 0 Å². The van der Waals surface area contributed by atoms with Crippen molar-refractivity contribution >= 4 is 12.0 Å². The number of nitrogens with two attached hydrogens (primary N) is 1. The molecular weight excluding hydrogens is 158 g/mol. The summed E-state index contributed by atoms with van der Waals surface area (Å²) in [4.78, 5) is 0. The van der Waals surface area contributed by atoms with Gasteiger partial charge >= 0.3 is 0 Å². The lowest BCUT2D eigenvalue weighted by molar-refractivity contribution is 0.342. The van der Waals surface area contributed by atoms with Crippen LogP contribution in [0.4, 0.5) is 0 Å². The fourth-order valence-electron chi connectivity index (χ4n) is 0.898. The quantitative estimate of drug-likeness (QED) is 0.647. The summed E-state index contributed by atoms with van der Waals surface area (Å²) < 4.78 is 5.35. The predicted molar refractivity (Wildman–Crippen MR) is 49.4 cm³/mol. The minimum Gasteiger partial charge on any atom is -0.326 e. The first-order valence-corrected chi connectivity index (χ1v) is 5.04. The van der Waals surface area contributed by atoms with Gasteiger partial charge in [-0.2, -0.15) is 0 Å². The highest BCUT2D eigenvalue weighted by Crippen LogP contribution is 2.38. The van der Waals surface area contributed by atoms with Crippen molar-refractivity contribution in [1.82, 2.24) is 0 Å². The number of hydrogen-bond acceptors (Lipinski definition) is 3. The zero-order chi connectivity index (χ0) is 8.27. The average molecular weight is 175 g/mol. The normalized spacial score (nSPS) is 23.2. The molecule has 66 valence electrons. The first-order chi connectivity index (χ1) is 5.20. The van der Waals surface area contributed by atoms with Crippen LogP contribution in [0.15, 0.2) is 0 Å². The van der Waals surface area contributed by atoms with Gasteiger partial charge in [0.15, 0.2) is 0 Å². The summed E-state index contributed by atoms with van der Waals surface area (Å²) in [5, 5.41) is 0.661. The van der Waals surface area contributed by atoms with Crippen LogP contribution in [0.1, 0.15) is 26.7 Å². The third kappa shape index (κ3) is 3.99. The zero-order valence-corrected chi connectivity index (χ0v) is 8.06. The molecule has 1 aliphatic rings. The largest absolute Gasteiger partial charge is 0.326 e. The Morgan fingerprint density at radius 2 is 2.18 bits per heavy atom. The highest BCUT2D eigenvalue weighted by molar-refractivity contribution is 7.95. The molecule has 1 rings (SSSR count). The van der Waals surface area contributed by atoms with Crippen LogP contribution in [-0.4, -0.2) is 17.9 Å². The Kier molecular flexibility index (Phi) is 3.69. The minimum absolute atomic E-state index is 0.161. The molecule has 0 spiro atoms. The Bertz CT molecular complexity index is 115. The van der Waals surface area contributed by atoms with Gasteiger partial charge in [-0.15, -0.1) is 0 Å². The molecule has 0 aliphatic heterocycles. The van der Waals surface area contributed by atoms with Gasteiger partial charge in [-0.05, 0) is 37.7 Å². The number of rotatable bonds is 5. The Labute approximate surface area is 73.1 Å². The third-order valence-electron chi connectivity index (χ3n) is 1.84. The van der Waals surface area contributed by atoms with Crippen LogP contribution in [0.5, 0.6) is 0 Å². The Morgan fingerprint density at radius 3 is 2.64 bits per heavy atom. The average Bonchev–Trinajstić information content (AvgIpc) is 2.66. The lowest BCUT2D eigenvalue weighted by Crippen LogP contribution is -2.20. The van der Waals surface area contributed by atoms with Gasteiger partial charge < -0.3 is 9.92 Å². The van der Waals surface area contributed by atoms with E-state index in [2.05, 4.69) is 6.92 Å². The van der Waals surface area contributed by atoms with Crippen LogP contribution in [0.3, 0.4) is 0 Å². The van der Waals surface area contributed by atoms with Crippen molar-refractivity contribution < 1.29 is 4.18 Å². The molecule has 2 N–H and O–H groups in total. The third-order valence-corrected chi connectivity index (χ3v) is 2.80. The van der Waals surface area contributed by atoms with Crippen LogP contribution in [-0.2, 0) is 4.18 Å². The molecule has 2 atom stereocenters. The van der Waals surface area contributed by atoms with E-state index in [0.29, 0.717) is 11.9 Å². The topological polar surface area (TPSA) is 35.2 Å². The highest BCUT2D eigenvalue weighted by atomic mass is 32.2. The molecule has 0 bridgehead atoms. The number of hydrogen-bond donors (Lipinski definition) is 1.